The Morgan fingerprint density at radius 1 is 0.745 bits per heavy atom. The molecule has 0 bridgehead atoms. The molecule has 0 spiro atoms. The molecule has 3 atom stereocenters. The fraction of sp³-hybridized carbons (Fsp3) is 0.325. The highest BCUT2D eigenvalue weighted by Gasteiger charge is 2.48. The van der Waals surface area contributed by atoms with Gasteiger partial charge in [-0.2, -0.15) is 0 Å². The fourth-order valence-corrected chi connectivity index (χ4v) is 7.45. The first-order valence-corrected chi connectivity index (χ1v) is 19.0. The number of β-lactam (4-membered cyclic amide) rings is 1. The number of aliphatic hydroxyl groups excluding tert-OH is 1. The van der Waals surface area contributed by atoms with Crippen molar-refractivity contribution in [3.05, 3.63) is 136 Å². The van der Waals surface area contributed by atoms with Gasteiger partial charge in [-0.1, -0.05) is 72.8 Å². The number of aryl methyl sites for hydroxylation is 3. The molecule has 1 aliphatic rings. The largest absolute Gasteiger partial charge is 0.481 e. The van der Waals surface area contributed by atoms with Crippen LogP contribution in [0, 0.1) is 17.7 Å². The molecular formula is C40H42FNO8S. The van der Waals surface area contributed by atoms with Crippen molar-refractivity contribution in [2.24, 2.45) is 11.8 Å². The SMILES string of the molecule is CS(=O)(=O)Cc1ccc(CCc2ccc(N3C(=O)[C@H](CC[C@H](O)c4ccc(F)cc4)[C@H]3c3ccc(CCCC(C(=O)O)C(=O)O)cc3)cc2)cc1. The maximum Gasteiger partial charge on any atom is 0.317 e. The lowest BCUT2D eigenvalue weighted by molar-refractivity contribution is -0.154. The highest BCUT2D eigenvalue weighted by atomic mass is 32.2. The van der Waals surface area contributed by atoms with Gasteiger partial charge in [0.15, 0.2) is 15.8 Å². The molecule has 1 fully saturated rings. The van der Waals surface area contributed by atoms with E-state index in [0.29, 0.717) is 31.2 Å². The summed E-state index contributed by atoms with van der Waals surface area (Å²) in [6.45, 7) is 0. The van der Waals surface area contributed by atoms with Crippen molar-refractivity contribution in [3.63, 3.8) is 0 Å². The number of amides is 1. The molecule has 4 aromatic rings. The average Bonchev–Trinajstić information content (AvgIpc) is 3.09. The lowest BCUT2D eigenvalue weighted by Crippen LogP contribution is -2.55. The number of carboxylic acids is 2. The second-order valence-electron chi connectivity index (χ2n) is 13.3. The van der Waals surface area contributed by atoms with Gasteiger partial charge >= 0.3 is 11.9 Å². The van der Waals surface area contributed by atoms with E-state index < -0.39 is 45.5 Å². The topological polar surface area (TPSA) is 149 Å². The summed E-state index contributed by atoms with van der Waals surface area (Å²) in [6.07, 6.45) is 3.52. The van der Waals surface area contributed by atoms with Crippen LogP contribution in [0.5, 0.6) is 0 Å². The normalized spacial score (nSPS) is 16.5. The number of rotatable bonds is 17. The Bertz CT molecular complexity index is 1910. The summed E-state index contributed by atoms with van der Waals surface area (Å²) in [5.74, 6) is -5.00. The van der Waals surface area contributed by atoms with Crippen LogP contribution in [0.4, 0.5) is 10.1 Å². The summed E-state index contributed by atoms with van der Waals surface area (Å²) in [5.41, 5.74) is 6.06. The van der Waals surface area contributed by atoms with Crippen molar-refractivity contribution in [1.82, 2.24) is 0 Å². The number of hydrogen-bond donors (Lipinski definition) is 3. The van der Waals surface area contributed by atoms with Crippen molar-refractivity contribution in [2.75, 3.05) is 11.2 Å². The Morgan fingerprint density at radius 3 is 1.80 bits per heavy atom. The molecule has 1 aliphatic heterocycles. The molecule has 4 aromatic carbocycles. The number of benzene rings is 4. The standard InChI is InChI=1S/C40H42FNO8S/c1-51(49,50)25-29-9-7-27(8-10-29)5-6-28-13-21-33(22-14-28)42-37(34(38(42)44)23-24-36(43)30-17-19-32(41)20-18-30)31-15-11-26(12-16-31)3-2-4-35(39(45)46)40(47)48/h7-22,34-37,43H,2-6,23-25H2,1H3,(H,45,46)(H,47,48)/t34-,36+,37-/m1/s1. The van der Waals surface area contributed by atoms with Crippen molar-refractivity contribution >= 4 is 33.4 Å². The highest BCUT2D eigenvalue weighted by molar-refractivity contribution is 7.89. The number of halogens is 1. The minimum Gasteiger partial charge on any atom is -0.481 e. The lowest BCUT2D eigenvalue weighted by atomic mass is 9.78. The molecule has 0 aliphatic carbocycles. The van der Waals surface area contributed by atoms with Gasteiger partial charge in [-0.05, 0) is 103 Å². The number of carbonyl (C=O) groups excluding carboxylic acids is 1. The second-order valence-corrected chi connectivity index (χ2v) is 15.5. The van der Waals surface area contributed by atoms with E-state index in [4.69, 9.17) is 10.2 Å². The summed E-state index contributed by atoms with van der Waals surface area (Å²) < 4.78 is 36.6. The Hall–Kier alpha value is -4.87. The van der Waals surface area contributed by atoms with E-state index in [-0.39, 0.29) is 24.1 Å². The van der Waals surface area contributed by atoms with Crippen molar-refractivity contribution in [2.45, 2.75) is 62.8 Å². The molecule has 0 radical (unpaired) electrons. The molecule has 1 saturated heterocycles. The molecule has 3 N–H and O–H groups in total. The zero-order valence-corrected chi connectivity index (χ0v) is 29.1. The zero-order valence-electron chi connectivity index (χ0n) is 28.3. The number of nitrogens with zero attached hydrogens (tertiary/aromatic N) is 1. The predicted molar refractivity (Wildman–Crippen MR) is 191 cm³/mol. The van der Waals surface area contributed by atoms with Gasteiger partial charge in [0.05, 0.1) is 23.8 Å². The van der Waals surface area contributed by atoms with Gasteiger partial charge in [-0.25, -0.2) is 12.8 Å². The Kier molecular flexibility index (Phi) is 12.0. The quantitative estimate of drug-likeness (QED) is 0.0831. The maximum absolute atomic E-state index is 13.7. The van der Waals surface area contributed by atoms with Gasteiger partial charge in [0, 0.05) is 11.9 Å². The van der Waals surface area contributed by atoms with Gasteiger partial charge in [0.25, 0.3) is 0 Å². The number of sulfone groups is 1. The molecule has 1 heterocycles. The summed E-state index contributed by atoms with van der Waals surface area (Å²) in [6, 6.07) is 28.5. The van der Waals surface area contributed by atoms with E-state index >= 15 is 0 Å². The van der Waals surface area contributed by atoms with Crippen LogP contribution < -0.4 is 4.90 Å². The Morgan fingerprint density at radius 2 is 1.25 bits per heavy atom. The van der Waals surface area contributed by atoms with Crippen LogP contribution in [0.25, 0.3) is 0 Å². The van der Waals surface area contributed by atoms with Crippen LogP contribution >= 0.6 is 0 Å². The first kappa shape index (κ1) is 37.4. The van der Waals surface area contributed by atoms with E-state index in [1.807, 2.05) is 72.8 Å². The third-order valence-corrected chi connectivity index (χ3v) is 10.3. The van der Waals surface area contributed by atoms with Crippen LogP contribution in [0.2, 0.25) is 0 Å². The summed E-state index contributed by atoms with van der Waals surface area (Å²) >= 11 is 0. The predicted octanol–water partition coefficient (Wildman–Crippen LogP) is 6.48. The van der Waals surface area contributed by atoms with Crippen molar-refractivity contribution in [1.29, 1.82) is 0 Å². The van der Waals surface area contributed by atoms with Crippen LogP contribution in [0.3, 0.4) is 0 Å². The van der Waals surface area contributed by atoms with Crippen LogP contribution in [0.15, 0.2) is 97.1 Å². The highest BCUT2D eigenvalue weighted by Crippen LogP contribution is 2.46. The maximum atomic E-state index is 13.7. The number of aliphatic hydroxyl groups is 1. The summed E-state index contributed by atoms with van der Waals surface area (Å²) in [5, 5.41) is 29.1. The van der Waals surface area contributed by atoms with Crippen molar-refractivity contribution < 1.29 is 42.5 Å². The number of hydrogen-bond acceptors (Lipinski definition) is 6. The average molecular weight is 716 g/mol. The summed E-state index contributed by atoms with van der Waals surface area (Å²) in [7, 11) is -3.10. The van der Waals surface area contributed by atoms with Crippen molar-refractivity contribution in [3.8, 4) is 0 Å². The molecular weight excluding hydrogens is 674 g/mol. The zero-order chi connectivity index (χ0) is 36.7. The number of anilines is 1. The van der Waals surface area contributed by atoms with Crippen LogP contribution in [-0.2, 0) is 49.2 Å². The van der Waals surface area contributed by atoms with E-state index in [0.717, 1.165) is 46.3 Å². The van der Waals surface area contributed by atoms with E-state index in [9.17, 15) is 32.3 Å². The smallest absolute Gasteiger partial charge is 0.317 e. The van der Waals surface area contributed by atoms with Gasteiger partial charge in [0.1, 0.15) is 5.82 Å². The first-order valence-electron chi connectivity index (χ1n) is 16.9. The minimum atomic E-state index is -3.10. The molecule has 11 heteroatoms. The second kappa shape index (κ2) is 16.4. The van der Waals surface area contributed by atoms with E-state index in [2.05, 4.69) is 0 Å². The fourth-order valence-electron chi connectivity index (χ4n) is 6.65. The van der Waals surface area contributed by atoms with Gasteiger partial charge < -0.3 is 20.2 Å². The molecule has 268 valence electrons. The minimum absolute atomic E-state index is 0.00830. The molecule has 0 aromatic heterocycles. The number of aliphatic carboxylic acids is 2. The van der Waals surface area contributed by atoms with E-state index in [1.165, 1.54) is 30.5 Å². The lowest BCUT2D eigenvalue weighted by Gasteiger charge is -2.48. The van der Waals surface area contributed by atoms with Crippen LogP contribution in [0.1, 0.15) is 71.2 Å². The third-order valence-electron chi connectivity index (χ3n) is 9.46. The Balaban J connectivity index is 1.27. The third kappa shape index (κ3) is 9.89. The molecule has 51 heavy (non-hydrogen) atoms. The number of carbonyl (C=O) groups is 3. The van der Waals surface area contributed by atoms with Crippen LogP contribution in [-0.4, -0.2) is 47.8 Å². The molecule has 0 saturated carbocycles. The molecule has 5 rings (SSSR count). The molecule has 1 amide bonds. The monoisotopic (exact) mass is 715 g/mol. The molecule has 9 nitrogen and oxygen atoms in total. The summed E-state index contributed by atoms with van der Waals surface area (Å²) in [4.78, 5) is 37.9. The van der Waals surface area contributed by atoms with Gasteiger partial charge in [-0.15, -0.1) is 0 Å². The van der Waals surface area contributed by atoms with Gasteiger partial charge in [-0.3, -0.25) is 14.4 Å². The number of carboxylic acid groups (broad SMARTS) is 2. The molecule has 0 unspecified atom stereocenters. The van der Waals surface area contributed by atoms with Gasteiger partial charge in [0.2, 0.25) is 5.91 Å². The Labute approximate surface area is 297 Å². The first-order chi connectivity index (χ1) is 24.3. The van der Waals surface area contributed by atoms with E-state index in [1.54, 1.807) is 4.90 Å².